The summed E-state index contributed by atoms with van der Waals surface area (Å²) in [6, 6.07) is 4.96. The van der Waals surface area contributed by atoms with Gasteiger partial charge in [-0.2, -0.15) is 13.2 Å². The van der Waals surface area contributed by atoms with Gasteiger partial charge in [0.2, 0.25) is 0 Å². The zero-order chi connectivity index (χ0) is 16.6. The van der Waals surface area contributed by atoms with Crippen molar-refractivity contribution >= 4 is 16.9 Å². The topological polar surface area (TPSA) is 56.3 Å². The molecule has 1 unspecified atom stereocenters. The quantitative estimate of drug-likeness (QED) is 0.902. The highest BCUT2D eigenvalue weighted by molar-refractivity contribution is 5.93. The number of hydrogen-bond acceptors (Lipinski definition) is 2. The van der Waals surface area contributed by atoms with E-state index in [1.165, 1.54) is 17.0 Å². The summed E-state index contributed by atoms with van der Waals surface area (Å²) in [4.78, 5) is 15.5. The largest absolute Gasteiger partial charge is 0.478 e. The lowest BCUT2D eigenvalue weighted by molar-refractivity contribution is -0.192. The molecule has 1 saturated heterocycles. The van der Waals surface area contributed by atoms with E-state index in [0.29, 0.717) is 24.0 Å². The van der Waals surface area contributed by atoms with Crippen LogP contribution < -0.4 is 0 Å². The smallest absolute Gasteiger partial charge is 0.404 e. The number of aromatic amines is 1. The summed E-state index contributed by atoms with van der Waals surface area (Å²) >= 11 is 0. The van der Waals surface area contributed by atoms with E-state index in [4.69, 9.17) is 5.11 Å². The van der Waals surface area contributed by atoms with Crippen LogP contribution in [-0.4, -0.2) is 39.7 Å². The van der Waals surface area contributed by atoms with E-state index in [1.807, 2.05) is 0 Å². The average Bonchev–Trinajstić information content (AvgIpc) is 2.87. The fraction of sp³-hybridized carbons (Fsp3) is 0.438. The summed E-state index contributed by atoms with van der Waals surface area (Å²) in [5.41, 5.74) is 1.55. The molecule has 2 heterocycles. The number of aromatic carboxylic acids is 1. The summed E-state index contributed by atoms with van der Waals surface area (Å²) in [5, 5.41) is 9.69. The standard InChI is InChI=1S/C16H17F3N2O2/c17-16(18,19)14-3-1-2-6-21(14)9-12-8-11-7-10(15(22)23)4-5-13(11)20-12/h4-5,7-8,14,20H,1-3,6,9H2,(H,22,23). The molecule has 0 amide bonds. The van der Waals surface area contributed by atoms with Crippen molar-refractivity contribution in [2.75, 3.05) is 6.54 Å². The predicted molar refractivity (Wildman–Crippen MR) is 79.4 cm³/mol. The van der Waals surface area contributed by atoms with E-state index in [2.05, 4.69) is 4.98 Å². The second kappa shape index (κ2) is 5.88. The Bertz CT molecular complexity index is 724. The molecule has 124 valence electrons. The minimum Gasteiger partial charge on any atom is -0.478 e. The zero-order valence-electron chi connectivity index (χ0n) is 12.4. The Labute approximate surface area is 130 Å². The molecule has 1 atom stereocenters. The third kappa shape index (κ3) is 3.34. The summed E-state index contributed by atoms with van der Waals surface area (Å²) in [7, 11) is 0. The molecule has 1 aliphatic heterocycles. The van der Waals surface area contributed by atoms with Gasteiger partial charge in [0.1, 0.15) is 6.04 Å². The molecule has 23 heavy (non-hydrogen) atoms. The lowest BCUT2D eigenvalue weighted by Crippen LogP contribution is -2.48. The van der Waals surface area contributed by atoms with Crippen molar-refractivity contribution < 1.29 is 23.1 Å². The van der Waals surface area contributed by atoms with Crippen LogP contribution >= 0.6 is 0 Å². The van der Waals surface area contributed by atoms with E-state index < -0.39 is 18.2 Å². The molecule has 0 spiro atoms. The number of halogens is 3. The molecule has 0 aliphatic carbocycles. The average molecular weight is 326 g/mol. The molecule has 4 nitrogen and oxygen atoms in total. The molecular formula is C16H17F3N2O2. The summed E-state index contributed by atoms with van der Waals surface area (Å²) < 4.78 is 39.4. The van der Waals surface area contributed by atoms with Gasteiger partial charge >= 0.3 is 12.1 Å². The third-order valence-electron chi connectivity index (χ3n) is 4.29. The van der Waals surface area contributed by atoms with E-state index in [9.17, 15) is 18.0 Å². The molecule has 0 saturated carbocycles. The zero-order valence-corrected chi connectivity index (χ0v) is 12.4. The van der Waals surface area contributed by atoms with Gasteiger partial charge in [0.25, 0.3) is 0 Å². The van der Waals surface area contributed by atoms with E-state index in [0.717, 1.165) is 11.9 Å². The molecule has 1 aromatic heterocycles. The SMILES string of the molecule is O=C(O)c1ccc2[nH]c(CN3CCCCC3C(F)(F)F)cc2c1. The molecule has 0 bridgehead atoms. The molecule has 0 radical (unpaired) electrons. The minimum absolute atomic E-state index is 0.132. The number of aromatic nitrogens is 1. The maximum atomic E-state index is 13.1. The van der Waals surface area contributed by atoms with Crippen molar-refractivity contribution in [3.05, 3.63) is 35.5 Å². The van der Waals surface area contributed by atoms with Crippen molar-refractivity contribution in [1.82, 2.24) is 9.88 Å². The highest BCUT2D eigenvalue weighted by Gasteiger charge is 2.44. The Morgan fingerprint density at radius 3 is 2.78 bits per heavy atom. The number of piperidine rings is 1. The number of likely N-dealkylation sites (tertiary alicyclic amines) is 1. The maximum absolute atomic E-state index is 13.1. The van der Waals surface area contributed by atoms with Crippen LogP contribution in [0.3, 0.4) is 0 Å². The van der Waals surface area contributed by atoms with Crippen LogP contribution in [0.4, 0.5) is 13.2 Å². The number of nitrogens with zero attached hydrogens (tertiary/aromatic N) is 1. The van der Waals surface area contributed by atoms with Gasteiger partial charge < -0.3 is 10.1 Å². The first-order valence-corrected chi connectivity index (χ1v) is 7.50. The molecule has 1 aromatic carbocycles. The fourth-order valence-electron chi connectivity index (χ4n) is 3.18. The lowest BCUT2D eigenvalue weighted by Gasteiger charge is -2.36. The molecule has 2 N–H and O–H groups in total. The molecular weight excluding hydrogens is 309 g/mol. The third-order valence-corrected chi connectivity index (χ3v) is 4.29. The van der Waals surface area contributed by atoms with Gasteiger partial charge in [-0.3, -0.25) is 4.90 Å². The van der Waals surface area contributed by atoms with Crippen LogP contribution in [0.25, 0.3) is 10.9 Å². The van der Waals surface area contributed by atoms with Crippen LogP contribution in [0.1, 0.15) is 35.3 Å². The van der Waals surface area contributed by atoms with E-state index in [1.54, 1.807) is 12.1 Å². The number of benzene rings is 1. The number of carbonyl (C=O) groups is 1. The Hall–Kier alpha value is -2.02. The lowest BCUT2D eigenvalue weighted by atomic mass is 10.0. The van der Waals surface area contributed by atoms with Gasteiger partial charge in [0, 0.05) is 23.1 Å². The molecule has 3 rings (SSSR count). The molecule has 1 aliphatic rings. The van der Waals surface area contributed by atoms with Crippen molar-refractivity contribution in [3.63, 3.8) is 0 Å². The highest BCUT2D eigenvalue weighted by atomic mass is 19.4. The van der Waals surface area contributed by atoms with Gasteiger partial charge in [-0.15, -0.1) is 0 Å². The number of hydrogen-bond donors (Lipinski definition) is 2. The Morgan fingerprint density at radius 1 is 1.30 bits per heavy atom. The molecule has 1 fully saturated rings. The number of carboxylic acid groups (broad SMARTS) is 1. The maximum Gasteiger partial charge on any atom is 0.404 e. The Balaban J connectivity index is 1.84. The number of alkyl halides is 3. The first kappa shape index (κ1) is 15.9. The number of H-pyrrole nitrogens is 1. The first-order chi connectivity index (χ1) is 10.8. The van der Waals surface area contributed by atoms with Crippen molar-refractivity contribution in [3.8, 4) is 0 Å². The fourth-order valence-corrected chi connectivity index (χ4v) is 3.18. The van der Waals surface area contributed by atoms with E-state index >= 15 is 0 Å². The summed E-state index contributed by atoms with van der Waals surface area (Å²) in [5.74, 6) is -1.03. The van der Waals surface area contributed by atoms with Gasteiger partial charge in [-0.1, -0.05) is 6.42 Å². The van der Waals surface area contributed by atoms with Crippen molar-refractivity contribution in [1.29, 1.82) is 0 Å². The van der Waals surface area contributed by atoms with Crippen LogP contribution in [0.2, 0.25) is 0 Å². The van der Waals surface area contributed by atoms with Gasteiger partial charge in [-0.05, 0) is 43.7 Å². The van der Waals surface area contributed by atoms with Crippen LogP contribution in [0.5, 0.6) is 0 Å². The van der Waals surface area contributed by atoms with Gasteiger partial charge in [0.15, 0.2) is 0 Å². The number of rotatable bonds is 3. The second-order valence-electron chi connectivity index (χ2n) is 5.93. The Kier molecular flexibility index (Phi) is 4.06. The Morgan fingerprint density at radius 2 is 2.09 bits per heavy atom. The highest BCUT2D eigenvalue weighted by Crippen LogP contribution is 2.33. The number of carboxylic acids is 1. The minimum atomic E-state index is -4.22. The van der Waals surface area contributed by atoms with Gasteiger partial charge in [-0.25, -0.2) is 4.79 Å². The number of fused-ring (bicyclic) bond motifs is 1. The van der Waals surface area contributed by atoms with Crippen molar-refractivity contribution in [2.24, 2.45) is 0 Å². The molecule has 2 aromatic rings. The van der Waals surface area contributed by atoms with Crippen LogP contribution in [0.15, 0.2) is 24.3 Å². The normalized spacial score (nSPS) is 20.0. The number of nitrogens with one attached hydrogen (secondary N) is 1. The second-order valence-corrected chi connectivity index (χ2v) is 5.93. The molecule has 7 heteroatoms. The predicted octanol–water partition coefficient (Wildman–Crippen LogP) is 3.78. The van der Waals surface area contributed by atoms with Crippen molar-refractivity contribution in [2.45, 2.75) is 38.0 Å². The van der Waals surface area contributed by atoms with Crippen LogP contribution in [0, 0.1) is 0 Å². The first-order valence-electron chi connectivity index (χ1n) is 7.50. The van der Waals surface area contributed by atoms with Gasteiger partial charge in [0.05, 0.1) is 5.56 Å². The summed E-state index contributed by atoms with van der Waals surface area (Å²) in [6.07, 6.45) is -2.73. The van der Waals surface area contributed by atoms with Crippen LogP contribution in [-0.2, 0) is 6.54 Å². The summed E-state index contributed by atoms with van der Waals surface area (Å²) in [6.45, 7) is 0.598. The monoisotopic (exact) mass is 326 g/mol. The van der Waals surface area contributed by atoms with E-state index in [-0.39, 0.29) is 18.5 Å².